The van der Waals surface area contributed by atoms with Gasteiger partial charge in [-0.2, -0.15) is 21.0 Å². The Morgan fingerprint density at radius 2 is 1.17 bits per heavy atom. The number of nitriles is 4. The minimum atomic E-state index is -0.0455. The monoisotopic (exact) mass is 457 g/mol. The molecule has 5 nitrogen and oxygen atoms in total. The SMILES string of the molecule is CCCCN(CCCC)c1ccc(C=C2C(=C(C#N)C#N)c3ccccc3C2=C(C#N)C#N)cc1. The van der Waals surface area contributed by atoms with Gasteiger partial charge in [-0.05, 0) is 53.3 Å². The molecule has 0 aliphatic heterocycles. The van der Waals surface area contributed by atoms with Gasteiger partial charge < -0.3 is 4.90 Å². The molecule has 0 fully saturated rings. The van der Waals surface area contributed by atoms with E-state index in [9.17, 15) is 21.0 Å². The first kappa shape index (κ1) is 25.1. The second-order valence-corrected chi connectivity index (χ2v) is 8.34. The Balaban J connectivity index is 2.16. The number of hydrogen-bond acceptors (Lipinski definition) is 5. The lowest BCUT2D eigenvalue weighted by molar-refractivity contribution is 0.678. The average Bonchev–Trinajstić information content (AvgIpc) is 3.20. The summed E-state index contributed by atoms with van der Waals surface area (Å²) in [6.45, 7) is 6.40. The minimum Gasteiger partial charge on any atom is -0.372 e. The second kappa shape index (κ2) is 12.0. The highest BCUT2D eigenvalue weighted by Crippen LogP contribution is 2.48. The van der Waals surface area contributed by atoms with E-state index < -0.39 is 0 Å². The molecule has 1 aliphatic carbocycles. The van der Waals surface area contributed by atoms with Crippen LogP contribution in [0, 0.1) is 45.3 Å². The van der Waals surface area contributed by atoms with Crippen molar-refractivity contribution in [3.05, 3.63) is 81.9 Å². The molecule has 0 atom stereocenters. The molecule has 3 rings (SSSR count). The normalized spacial score (nSPS) is 11.5. The third-order valence-corrected chi connectivity index (χ3v) is 6.08. The molecule has 0 bridgehead atoms. The van der Waals surface area contributed by atoms with E-state index in [2.05, 4.69) is 30.9 Å². The van der Waals surface area contributed by atoms with Crippen LogP contribution in [-0.4, -0.2) is 13.1 Å². The summed E-state index contributed by atoms with van der Waals surface area (Å²) in [4.78, 5) is 2.40. The van der Waals surface area contributed by atoms with Gasteiger partial charge in [-0.1, -0.05) is 63.1 Å². The molecule has 1 aliphatic rings. The summed E-state index contributed by atoms with van der Waals surface area (Å²) in [7, 11) is 0. The van der Waals surface area contributed by atoms with Crippen LogP contribution in [0.1, 0.15) is 56.2 Å². The van der Waals surface area contributed by atoms with E-state index in [-0.39, 0.29) is 11.1 Å². The molecular formula is C30H27N5. The number of anilines is 1. The zero-order chi connectivity index (χ0) is 25.2. The number of nitrogens with zero attached hydrogens (tertiary/aromatic N) is 5. The van der Waals surface area contributed by atoms with Crippen molar-refractivity contribution < 1.29 is 0 Å². The predicted octanol–water partition coefficient (Wildman–Crippen LogP) is 6.79. The first-order valence-electron chi connectivity index (χ1n) is 11.9. The zero-order valence-corrected chi connectivity index (χ0v) is 20.2. The van der Waals surface area contributed by atoms with Crippen LogP contribution in [0.3, 0.4) is 0 Å². The Kier molecular flexibility index (Phi) is 8.62. The Bertz CT molecular complexity index is 1230. The standard InChI is InChI=1S/C30H27N5/c1-3-5-15-35(16-6-4-2)25-13-11-22(12-14-25)17-28-29(23(18-31)19-32)26-9-7-8-10-27(26)30(28)24(20-33)21-34/h7-14,17H,3-6,15-16H2,1-2H3. The van der Waals surface area contributed by atoms with Gasteiger partial charge in [0.2, 0.25) is 0 Å². The summed E-state index contributed by atoms with van der Waals surface area (Å²) >= 11 is 0. The summed E-state index contributed by atoms with van der Waals surface area (Å²) in [6, 6.07) is 23.4. The van der Waals surface area contributed by atoms with Crippen LogP contribution in [0.5, 0.6) is 0 Å². The Hall–Kier alpha value is -4.58. The molecule has 0 heterocycles. The fourth-order valence-corrected chi connectivity index (χ4v) is 4.31. The first-order chi connectivity index (χ1) is 17.1. The number of hydrogen-bond donors (Lipinski definition) is 0. The lowest BCUT2D eigenvalue weighted by Gasteiger charge is -2.24. The summed E-state index contributed by atoms with van der Waals surface area (Å²) < 4.78 is 0. The summed E-state index contributed by atoms with van der Waals surface area (Å²) in [6.07, 6.45) is 6.40. The van der Waals surface area contributed by atoms with Crippen molar-refractivity contribution >= 4 is 22.9 Å². The molecule has 0 aromatic heterocycles. The van der Waals surface area contributed by atoms with Gasteiger partial charge in [-0.3, -0.25) is 0 Å². The molecular weight excluding hydrogens is 430 g/mol. The number of allylic oxidation sites excluding steroid dienone is 5. The molecule has 5 heteroatoms. The number of unbranched alkanes of at least 4 members (excludes halogenated alkanes) is 2. The van der Waals surface area contributed by atoms with E-state index in [0.29, 0.717) is 27.8 Å². The van der Waals surface area contributed by atoms with Gasteiger partial charge in [0, 0.05) is 29.9 Å². The first-order valence-corrected chi connectivity index (χ1v) is 11.9. The topological polar surface area (TPSA) is 98.4 Å². The lowest BCUT2D eigenvalue weighted by Crippen LogP contribution is -2.25. The van der Waals surface area contributed by atoms with Gasteiger partial charge >= 0.3 is 0 Å². The summed E-state index contributed by atoms with van der Waals surface area (Å²) in [5.74, 6) is 0. The van der Waals surface area contributed by atoms with E-state index in [1.807, 2.05) is 66.8 Å². The van der Waals surface area contributed by atoms with Gasteiger partial charge in [0.15, 0.2) is 0 Å². The molecule has 0 radical (unpaired) electrons. The van der Waals surface area contributed by atoms with Crippen LogP contribution in [0.4, 0.5) is 5.69 Å². The maximum absolute atomic E-state index is 9.67. The van der Waals surface area contributed by atoms with E-state index in [1.165, 1.54) is 0 Å². The van der Waals surface area contributed by atoms with Crippen molar-refractivity contribution in [3.8, 4) is 24.3 Å². The maximum atomic E-state index is 9.67. The third kappa shape index (κ3) is 5.33. The largest absolute Gasteiger partial charge is 0.372 e. The van der Waals surface area contributed by atoms with Crippen molar-refractivity contribution in [2.75, 3.05) is 18.0 Å². The van der Waals surface area contributed by atoms with Gasteiger partial charge in [-0.15, -0.1) is 0 Å². The molecule has 0 N–H and O–H groups in total. The number of rotatable bonds is 8. The third-order valence-electron chi connectivity index (χ3n) is 6.08. The van der Waals surface area contributed by atoms with Crippen molar-refractivity contribution in [2.45, 2.75) is 39.5 Å². The number of benzene rings is 2. The van der Waals surface area contributed by atoms with Gasteiger partial charge in [0.1, 0.15) is 35.4 Å². The molecule has 0 amide bonds. The van der Waals surface area contributed by atoms with E-state index in [4.69, 9.17) is 0 Å². The Morgan fingerprint density at radius 1 is 0.714 bits per heavy atom. The highest BCUT2D eigenvalue weighted by Gasteiger charge is 2.31. The lowest BCUT2D eigenvalue weighted by atomic mass is 9.94. The minimum absolute atomic E-state index is 0.0455. The van der Waals surface area contributed by atoms with Gasteiger partial charge in [0.25, 0.3) is 0 Å². The van der Waals surface area contributed by atoms with Crippen molar-refractivity contribution in [3.63, 3.8) is 0 Å². The summed E-state index contributed by atoms with van der Waals surface area (Å²) in [5, 5.41) is 38.7. The quantitative estimate of drug-likeness (QED) is 0.406. The van der Waals surface area contributed by atoms with Crippen LogP contribution < -0.4 is 4.90 Å². The number of fused-ring (bicyclic) bond motifs is 1. The summed E-state index contributed by atoms with van der Waals surface area (Å²) in [5.41, 5.74) is 4.74. The molecule has 2 aromatic rings. The molecule has 2 aromatic carbocycles. The van der Waals surface area contributed by atoms with Crippen molar-refractivity contribution in [1.82, 2.24) is 0 Å². The maximum Gasteiger partial charge on any atom is 0.138 e. The second-order valence-electron chi connectivity index (χ2n) is 8.34. The fourth-order valence-electron chi connectivity index (χ4n) is 4.31. The molecule has 0 unspecified atom stereocenters. The molecule has 0 spiro atoms. The predicted molar refractivity (Wildman–Crippen MR) is 139 cm³/mol. The van der Waals surface area contributed by atoms with Crippen LogP contribution >= 0.6 is 0 Å². The van der Waals surface area contributed by atoms with Crippen molar-refractivity contribution in [2.24, 2.45) is 0 Å². The fraction of sp³-hybridized carbons (Fsp3) is 0.267. The Morgan fingerprint density at radius 3 is 1.57 bits per heavy atom. The van der Waals surface area contributed by atoms with Gasteiger partial charge in [0.05, 0.1) is 0 Å². The average molecular weight is 458 g/mol. The molecule has 0 saturated heterocycles. The highest BCUT2D eigenvalue weighted by molar-refractivity contribution is 6.15. The van der Waals surface area contributed by atoms with E-state index in [0.717, 1.165) is 50.0 Å². The molecule has 35 heavy (non-hydrogen) atoms. The zero-order valence-electron chi connectivity index (χ0n) is 20.2. The van der Waals surface area contributed by atoms with E-state index >= 15 is 0 Å². The van der Waals surface area contributed by atoms with E-state index in [1.54, 1.807) is 0 Å². The highest BCUT2D eigenvalue weighted by atomic mass is 15.1. The van der Waals surface area contributed by atoms with Crippen LogP contribution in [0.15, 0.2) is 65.3 Å². The van der Waals surface area contributed by atoms with Crippen LogP contribution in [0.25, 0.3) is 17.2 Å². The molecule has 0 saturated carbocycles. The molecule has 172 valence electrons. The van der Waals surface area contributed by atoms with Crippen LogP contribution in [-0.2, 0) is 0 Å². The Labute approximate surface area is 207 Å². The van der Waals surface area contributed by atoms with Gasteiger partial charge in [-0.25, -0.2) is 0 Å². The van der Waals surface area contributed by atoms with Crippen molar-refractivity contribution in [1.29, 1.82) is 21.0 Å². The smallest absolute Gasteiger partial charge is 0.138 e. The van der Waals surface area contributed by atoms with Crippen LogP contribution in [0.2, 0.25) is 0 Å².